The SMILES string of the molecule is O=C(O)c1cnn(C2CC2)c1I. The number of halogens is 1. The fraction of sp³-hybridized carbons (Fsp3) is 0.429. The summed E-state index contributed by atoms with van der Waals surface area (Å²) in [5.74, 6) is -0.897. The molecule has 1 aliphatic rings. The fourth-order valence-corrected chi connectivity index (χ4v) is 1.95. The van der Waals surface area contributed by atoms with E-state index in [1.165, 1.54) is 6.20 Å². The molecule has 1 aliphatic carbocycles. The van der Waals surface area contributed by atoms with Crippen molar-refractivity contribution in [3.05, 3.63) is 15.5 Å². The lowest BCUT2D eigenvalue weighted by atomic mass is 10.4. The van der Waals surface area contributed by atoms with Crippen molar-refractivity contribution in [2.24, 2.45) is 0 Å². The monoisotopic (exact) mass is 278 g/mol. The van der Waals surface area contributed by atoms with Gasteiger partial charge in [0.2, 0.25) is 0 Å². The van der Waals surface area contributed by atoms with Gasteiger partial charge in [-0.3, -0.25) is 4.68 Å². The number of carboxylic acid groups (broad SMARTS) is 1. The summed E-state index contributed by atoms with van der Waals surface area (Å²) in [5, 5.41) is 12.8. The Labute approximate surface area is 82.7 Å². The quantitative estimate of drug-likeness (QED) is 0.834. The molecule has 1 heterocycles. The molecule has 0 aliphatic heterocycles. The highest BCUT2D eigenvalue weighted by atomic mass is 127. The van der Waals surface area contributed by atoms with E-state index in [-0.39, 0.29) is 0 Å². The zero-order chi connectivity index (χ0) is 8.72. The van der Waals surface area contributed by atoms with Crippen molar-refractivity contribution in [3.63, 3.8) is 0 Å². The summed E-state index contributed by atoms with van der Waals surface area (Å²) in [5.41, 5.74) is 0.308. The Kier molecular flexibility index (Phi) is 1.82. The van der Waals surface area contributed by atoms with Crippen molar-refractivity contribution in [1.82, 2.24) is 9.78 Å². The molecule has 5 heteroatoms. The number of carboxylic acids is 1. The van der Waals surface area contributed by atoms with Gasteiger partial charge in [0.15, 0.2) is 0 Å². The van der Waals surface area contributed by atoms with Gasteiger partial charge in [0, 0.05) is 0 Å². The molecule has 4 nitrogen and oxygen atoms in total. The lowest BCUT2D eigenvalue weighted by Gasteiger charge is -1.98. The molecule has 0 unspecified atom stereocenters. The van der Waals surface area contributed by atoms with Gasteiger partial charge < -0.3 is 5.11 Å². The summed E-state index contributed by atoms with van der Waals surface area (Å²) >= 11 is 2.03. The smallest absolute Gasteiger partial charge is 0.340 e. The van der Waals surface area contributed by atoms with Gasteiger partial charge in [-0.25, -0.2) is 4.79 Å². The molecule has 64 valence electrons. The zero-order valence-corrected chi connectivity index (χ0v) is 8.35. The number of aromatic nitrogens is 2. The maximum atomic E-state index is 10.6. The third-order valence-corrected chi connectivity index (χ3v) is 2.93. The van der Waals surface area contributed by atoms with Gasteiger partial charge in [0.1, 0.15) is 9.26 Å². The van der Waals surface area contributed by atoms with E-state index in [9.17, 15) is 4.79 Å². The van der Waals surface area contributed by atoms with Crippen LogP contribution in [0.3, 0.4) is 0 Å². The summed E-state index contributed by atoms with van der Waals surface area (Å²) < 4.78 is 2.53. The van der Waals surface area contributed by atoms with E-state index in [1.54, 1.807) is 4.68 Å². The van der Waals surface area contributed by atoms with Gasteiger partial charge in [-0.1, -0.05) is 0 Å². The third kappa shape index (κ3) is 1.21. The Balaban J connectivity index is 2.39. The van der Waals surface area contributed by atoms with Gasteiger partial charge in [-0.15, -0.1) is 0 Å². The first-order valence-corrected chi connectivity index (χ1v) is 4.74. The molecular formula is C7H7IN2O2. The van der Waals surface area contributed by atoms with E-state index in [2.05, 4.69) is 5.10 Å². The average molecular weight is 278 g/mol. The molecular weight excluding hydrogens is 271 g/mol. The highest BCUT2D eigenvalue weighted by Gasteiger charge is 2.28. The van der Waals surface area contributed by atoms with Crippen LogP contribution in [0.25, 0.3) is 0 Å². The Morgan fingerprint density at radius 1 is 1.75 bits per heavy atom. The highest BCUT2D eigenvalue weighted by Crippen LogP contribution is 2.36. The van der Waals surface area contributed by atoms with Crippen molar-refractivity contribution < 1.29 is 9.90 Å². The van der Waals surface area contributed by atoms with Gasteiger partial charge in [-0.2, -0.15) is 5.10 Å². The van der Waals surface area contributed by atoms with Gasteiger partial charge in [0.25, 0.3) is 0 Å². The summed E-state index contributed by atoms with van der Waals surface area (Å²) in [6.45, 7) is 0. The second-order valence-corrected chi connectivity index (χ2v) is 3.85. The summed E-state index contributed by atoms with van der Waals surface area (Å²) in [4.78, 5) is 10.6. The second-order valence-electron chi connectivity index (χ2n) is 2.83. The van der Waals surface area contributed by atoms with Crippen molar-refractivity contribution >= 4 is 28.6 Å². The van der Waals surface area contributed by atoms with E-state index in [0.717, 1.165) is 16.5 Å². The molecule has 12 heavy (non-hydrogen) atoms. The van der Waals surface area contributed by atoms with E-state index in [0.29, 0.717) is 11.6 Å². The number of hydrogen-bond donors (Lipinski definition) is 1. The fourth-order valence-electron chi connectivity index (χ4n) is 1.06. The van der Waals surface area contributed by atoms with Crippen LogP contribution >= 0.6 is 22.6 Å². The van der Waals surface area contributed by atoms with Crippen LogP contribution in [-0.2, 0) is 0 Å². The van der Waals surface area contributed by atoms with Crippen LogP contribution in [0.15, 0.2) is 6.20 Å². The molecule has 0 saturated heterocycles. The lowest BCUT2D eigenvalue weighted by Crippen LogP contribution is -2.02. The maximum absolute atomic E-state index is 10.6. The van der Waals surface area contributed by atoms with Crippen LogP contribution in [0, 0.1) is 3.70 Å². The van der Waals surface area contributed by atoms with Crippen LogP contribution in [0.1, 0.15) is 29.2 Å². The largest absolute Gasteiger partial charge is 0.478 e. The Morgan fingerprint density at radius 3 is 2.83 bits per heavy atom. The number of hydrogen-bond acceptors (Lipinski definition) is 2. The third-order valence-electron chi connectivity index (χ3n) is 1.86. The average Bonchev–Trinajstić information content (AvgIpc) is 2.75. The van der Waals surface area contributed by atoms with Crippen LogP contribution in [0.4, 0.5) is 0 Å². The standard InChI is InChI=1S/C7H7IN2O2/c8-6-5(7(11)12)3-9-10(6)4-1-2-4/h3-4H,1-2H2,(H,11,12). The van der Waals surface area contributed by atoms with Gasteiger partial charge >= 0.3 is 5.97 Å². The van der Waals surface area contributed by atoms with Crippen molar-refractivity contribution in [3.8, 4) is 0 Å². The molecule has 1 saturated carbocycles. The lowest BCUT2D eigenvalue weighted by molar-refractivity contribution is 0.0695. The molecule has 1 N–H and O–H groups in total. The summed E-state index contributed by atoms with van der Waals surface area (Å²) in [7, 11) is 0. The number of nitrogens with zero attached hydrogens (tertiary/aromatic N) is 2. The zero-order valence-electron chi connectivity index (χ0n) is 6.20. The first kappa shape index (κ1) is 8.03. The highest BCUT2D eigenvalue weighted by molar-refractivity contribution is 14.1. The topological polar surface area (TPSA) is 55.1 Å². The minimum atomic E-state index is -0.897. The molecule has 0 radical (unpaired) electrons. The van der Waals surface area contributed by atoms with E-state index in [1.807, 2.05) is 22.6 Å². The molecule has 0 amide bonds. The molecule has 1 fully saturated rings. The first-order chi connectivity index (χ1) is 5.70. The maximum Gasteiger partial charge on any atom is 0.340 e. The normalized spacial score (nSPS) is 16.4. The second kappa shape index (κ2) is 2.72. The number of aromatic carboxylic acids is 1. The van der Waals surface area contributed by atoms with Crippen LogP contribution in [-0.4, -0.2) is 20.9 Å². The number of rotatable bonds is 2. The van der Waals surface area contributed by atoms with Crippen LogP contribution in [0.2, 0.25) is 0 Å². The summed E-state index contributed by atoms with van der Waals surface area (Å²) in [6.07, 6.45) is 3.66. The minimum Gasteiger partial charge on any atom is -0.478 e. The predicted octanol–water partition coefficient (Wildman–Crippen LogP) is 1.52. The van der Waals surface area contributed by atoms with Gasteiger partial charge in [0.05, 0.1) is 12.2 Å². The molecule has 0 bridgehead atoms. The Bertz CT molecular complexity index is 330. The molecule has 0 spiro atoms. The van der Waals surface area contributed by atoms with Crippen molar-refractivity contribution in [1.29, 1.82) is 0 Å². The van der Waals surface area contributed by atoms with Crippen LogP contribution < -0.4 is 0 Å². The molecule has 0 aromatic carbocycles. The Hall–Kier alpha value is -0.590. The van der Waals surface area contributed by atoms with Crippen molar-refractivity contribution in [2.45, 2.75) is 18.9 Å². The molecule has 0 atom stereocenters. The number of carbonyl (C=O) groups is 1. The molecule has 2 rings (SSSR count). The molecule has 1 aromatic heterocycles. The van der Waals surface area contributed by atoms with Crippen LogP contribution in [0.5, 0.6) is 0 Å². The predicted molar refractivity (Wildman–Crippen MR) is 50.2 cm³/mol. The van der Waals surface area contributed by atoms with E-state index < -0.39 is 5.97 Å². The Morgan fingerprint density at radius 2 is 2.42 bits per heavy atom. The van der Waals surface area contributed by atoms with E-state index >= 15 is 0 Å². The summed E-state index contributed by atoms with van der Waals surface area (Å²) in [6, 6.07) is 0.449. The van der Waals surface area contributed by atoms with Crippen molar-refractivity contribution in [2.75, 3.05) is 0 Å². The van der Waals surface area contributed by atoms with E-state index in [4.69, 9.17) is 5.11 Å². The molecule has 1 aromatic rings. The first-order valence-electron chi connectivity index (χ1n) is 3.66. The minimum absolute atomic E-state index is 0.308. The van der Waals surface area contributed by atoms with Gasteiger partial charge in [-0.05, 0) is 35.4 Å².